The van der Waals surface area contributed by atoms with Crippen LogP contribution in [0.1, 0.15) is 23.1 Å². The standard InChI is InChI=1S/C30H29Cl2N3O4/c31-23-16-25(32)29-22(14-27(34-26(29)17-23)30(37)39-19-21-4-2-1-3-5-21)15-28(36)33-24-8-6-20(7-9-24)18-35-10-12-38-13-11-35/h1-9,15-17,27,34H,10-14,18-19H2,(H,33,36)/b22-15+. The molecular weight excluding hydrogens is 537 g/mol. The number of hydrogen-bond donors (Lipinski definition) is 2. The van der Waals surface area contributed by atoms with Gasteiger partial charge in [-0.1, -0.05) is 65.7 Å². The summed E-state index contributed by atoms with van der Waals surface area (Å²) in [7, 11) is 0. The Balaban J connectivity index is 1.29. The van der Waals surface area contributed by atoms with Gasteiger partial charge in [-0.15, -0.1) is 0 Å². The Morgan fingerprint density at radius 2 is 1.77 bits per heavy atom. The van der Waals surface area contributed by atoms with Gasteiger partial charge in [-0.05, 0) is 41.0 Å². The Labute approximate surface area is 237 Å². The van der Waals surface area contributed by atoms with E-state index in [9.17, 15) is 9.59 Å². The fourth-order valence-electron chi connectivity index (χ4n) is 4.72. The van der Waals surface area contributed by atoms with Crippen LogP contribution in [0.5, 0.6) is 0 Å². The molecule has 2 heterocycles. The zero-order chi connectivity index (χ0) is 27.2. The number of amides is 1. The number of esters is 1. The number of morpholine rings is 1. The molecule has 3 aromatic carbocycles. The molecular formula is C30H29Cl2N3O4. The molecule has 2 aliphatic rings. The number of nitrogens with one attached hydrogen (secondary N) is 2. The molecule has 0 spiro atoms. The number of fused-ring (bicyclic) bond motifs is 1. The van der Waals surface area contributed by atoms with E-state index < -0.39 is 12.0 Å². The quantitative estimate of drug-likeness (QED) is 0.279. The normalized spacial score (nSPS) is 18.2. The maximum atomic E-state index is 13.0. The predicted octanol–water partition coefficient (Wildman–Crippen LogP) is 5.78. The minimum atomic E-state index is -0.700. The molecule has 0 saturated carbocycles. The lowest BCUT2D eigenvalue weighted by Crippen LogP contribution is -2.35. The van der Waals surface area contributed by atoms with Crippen molar-refractivity contribution < 1.29 is 19.1 Å². The number of rotatable bonds is 7. The molecule has 7 nitrogen and oxygen atoms in total. The van der Waals surface area contributed by atoms with Crippen molar-refractivity contribution in [2.45, 2.75) is 25.6 Å². The minimum absolute atomic E-state index is 0.155. The zero-order valence-electron chi connectivity index (χ0n) is 21.3. The Morgan fingerprint density at radius 1 is 1.03 bits per heavy atom. The minimum Gasteiger partial charge on any atom is -0.459 e. The summed E-state index contributed by atoms with van der Waals surface area (Å²) < 4.78 is 11.0. The van der Waals surface area contributed by atoms with Crippen LogP contribution >= 0.6 is 23.2 Å². The topological polar surface area (TPSA) is 79.9 Å². The second-order valence-corrected chi connectivity index (χ2v) is 10.4. The highest BCUT2D eigenvalue weighted by molar-refractivity contribution is 6.36. The maximum absolute atomic E-state index is 13.0. The summed E-state index contributed by atoms with van der Waals surface area (Å²) in [6, 6.07) is 19.9. The predicted molar refractivity (Wildman–Crippen MR) is 154 cm³/mol. The van der Waals surface area contributed by atoms with Gasteiger partial charge in [-0.25, -0.2) is 4.79 Å². The number of carbonyl (C=O) groups excluding carboxylic acids is 2. The van der Waals surface area contributed by atoms with Gasteiger partial charge in [0.1, 0.15) is 12.6 Å². The van der Waals surface area contributed by atoms with Gasteiger partial charge in [-0.3, -0.25) is 9.69 Å². The Kier molecular flexibility index (Phi) is 8.84. The van der Waals surface area contributed by atoms with Crippen molar-refractivity contribution in [1.29, 1.82) is 0 Å². The molecule has 39 heavy (non-hydrogen) atoms. The van der Waals surface area contributed by atoms with Gasteiger partial charge in [0, 0.05) is 54.1 Å². The summed E-state index contributed by atoms with van der Waals surface area (Å²) in [6.45, 7) is 4.33. The van der Waals surface area contributed by atoms with Crippen LogP contribution in [0.4, 0.5) is 11.4 Å². The van der Waals surface area contributed by atoms with Crippen molar-refractivity contribution >= 4 is 52.0 Å². The molecule has 1 unspecified atom stereocenters. The van der Waals surface area contributed by atoms with E-state index in [1.165, 1.54) is 11.6 Å². The Bertz CT molecular complexity index is 1360. The van der Waals surface area contributed by atoms with E-state index in [0.29, 0.717) is 32.6 Å². The molecule has 1 fully saturated rings. The highest BCUT2D eigenvalue weighted by atomic mass is 35.5. The highest BCUT2D eigenvalue weighted by Crippen LogP contribution is 2.40. The number of ether oxygens (including phenoxy) is 2. The SMILES string of the molecule is O=C(/C=C1\CC(C(=O)OCc2ccccc2)Nc2cc(Cl)cc(Cl)c21)Nc1ccc(CN2CCOCC2)cc1. The van der Waals surface area contributed by atoms with E-state index in [4.69, 9.17) is 32.7 Å². The van der Waals surface area contributed by atoms with E-state index in [-0.39, 0.29) is 18.9 Å². The first-order chi connectivity index (χ1) is 18.9. The van der Waals surface area contributed by atoms with Gasteiger partial charge in [0.05, 0.1) is 18.2 Å². The number of hydrogen-bond acceptors (Lipinski definition) is 6. The smallest absolute Gasteiger partial charge is 0.329 e. The fourth-order valence-corrected chi connectivity index (χ4v) is 5.34. The van der Waals surface area contributed by atoms with E-state index in [1.54, 1.807) is 12.1 Å². The number of anilines is 2. The molecule has 0 radical (unpaired) electrons. The molecule has 202 valence electrons. The van der Waals surface area contributed by atoms with Crippen molar-refractivity contribution in [2.75, 3.05) is 36.9 Å². The van der Waals surface area contributed by atoms with Gasteiger partial charge < -0.3 is 20.1 Å². The van der Waals surface area contributed by atoms with Gasteiger partial charge in [-0.2, -0.15) is 0 Å². The molecule has 3 aromatic rings. The number of halogens is 2. The van der Waals surface area contributed by atoms with E-state index >= 15 is 0 Å². The van der Waals surface area contributed by atoms with Crippen molar-refractivity contribution in [1.82, 2.24) is 4.90 Å². The average Bonchev–Trinajstić information content (AvgIpc) is 2.93. The second kappa shape index (κ2) is 12.7. The molecule has 0 aromatic heterocycles. The first kappa shape index (κ1) is 27.2. The zero-order valence-corrected chi connectivity index (χ0v) is 22.8. The molecule has 0 aliphatic carbocycles. The van der Waals surface area contributed by atoms with Gasteiger partial charge in [0.2, 0.25) is 5.91 Å². The lowest BCUT2D eigenvalue weighted by atomic mass is 9.91. The summed E-state index contributed by atoms with van der Waals surface area (Å²) in [5.41, 5.74) is 4.57. The third-order valence-corrected chi connectivity index (χ3v) is 7.19. The van der Waals surface area contributed by atoms with E-state index in [1.807, 2.05) is 54.6 Å². The summed E-state index contributed by atoms with van der Waals surface area (Å²) in [4.78, 5) is 28.3. The number of carbonyl (C=O) groups is 2. The van der Waals surface area contributed by atoms with Gasteiger partial charge >= 0.3 is 5.97 Å². The summed E-state index contributed by atoms with van der Waals surface area (Å²) in [5.74, 6) is -0.746. The first-order valence-corrected chi connectivity index (χ1v) is 13.6. The largest absolute Gasteiger partial charge is 0.459 e. The summed E-state index contributed by atoms with van der Waals surface area (Å²) >= 11 is 12.8. The Morgan fingerprint density at radius 3 is 2.51 bits per heavy atom. The van der Waals surface area contributed by atoms with Crippen molar-refractivity contribution in [3.05, 3.63) is 99.5 Å². The van der Waals surface area contributed by atoms with Crippen molar-refractivity contribution in [3.8, 4) is 0 Å². The third-order valence-electron chi connectivity index (χ3n) is 6.68. The molecule has 0 bridgehead atoms. The summed E-state index contributed by atoms with van der Waals surface area (Å²) in [5, 5.41) is 6.91. The van der Waals surface area contributed by atoms with Crippen LogP contribution < -0.4 is 10.6 Å². The molecule has 1 amide bonds. The third kappa shape index (κ3) is 7.19. The fraction of sp³-hybridized carbons (Fsp3) is 0.267. The second-order valence-electron chi connectivity index (χ2n) is 9.55. The average molecular weight is 566 g/mol. The van der Waals surface area contributed by atoms with Crippen LogP contribution in [0.25, 0.3) is 5.57 Å². The molecule has 2 aliphatic heterocycles. The summed E-state index contributed by atoms with van der Waals surface area (Å²) in [6.07, 6.45) is 1.71. The maximum Gasteiger partial charge on any atom is 0.329 e. The number of benzene rings is 3. The van der Waals surface area contributed by atoms with Crippen molar-refractivity contribution in [2.24, 2.45) is 0 Å². The van der Waals surface area contributed by atoms with E-state index in [0.717, 1.165) is 38.4 Å². The van der Waals surface area contributed by atoms with Crippen LogP contribution in [-0.2, 0) is 32.2 Å². The Hall–Kier alpha value is -3.36. The molecule has 1 atom stereocenters. The van der Waals surface area contributed by atoms with Crippen LogP contribution in [0.15, 0.2) is 72.8 Å². The number of nitrogens with zero attached hydrogens (tertiary/aromatic N) is 1. The lowest BCUT2D eigenvalue weighted by molar-refractivity contribution is -0.145. The van der Waals surface area contributed by atoms with Crippen LogP contribution in [-0.4, -0.2) is 49.1 Å². The van der Waals surface area contributed by atoms with E-state index in [2.05, 4.69) is 15.5 Å². The molecule has 5 rings (SSSR count). The molecule has 9 heteroatoms. The van der Waals surface area contributed by atoms with Crippen LogP contribution in [0, 0.1) is 0 Å². The first-order valence-electron chi connectivity index (χ1n) is 12.8. The van der Waals surface area contributed by atoms with Crippen LogP contribution in [0.2, 0.25) is 10.0 Å². The molecule has 1 saturated heterocycles. The van der Waals surface area contributed by atoms with Crippen molar-refractivity contribution in [3.63, 3.8) is 0 Å². The molecule has 2 N–H and O–H groups in total. The van der Waals surface area contributed by atoms with Crippen LogP contribution in [0.3, 0.4) is 0 Å². The van der Waals surface area contributed by atoms with Gasteiger partial charge in [0.15, 0.2) is 0 Å². The highest BCUT2D eigenvalue weighted by Gasteiger charge is 2.30. The lowest BCUT2D eigenvalue weighted by Gasteiger charge is -2.28. The van der Waals surface area contributed by atoms with Gasteiger partial charge in [0.25, 0.3) is 0 Å². The monoisotopic (exact) mass is 565 g/mol.